The fourth-order valence-corrected chi connectivity index (χ4v) is 2.63. The molecule has 25 heavy (non-hydrogen) atoms. The SMILES string of the molecule is COc1ccc2nc(CCN(C)C(=O)c3c[nH]c(=O)c(Cl)c3)[nH]c2c1. The molecule has 0 atom stereocenters. The lowest BCUT2D eigenvalue weighted by molar-refractivity contribution is 0.0795. The van der Waals surface area contributed by atoms with E-state index in [-0.39, 0.29) is 10.9 Å². The Bertz CT molecular complexity index is 979. The molecule has 0 saturated carbocycles. The number of methoxy groups -OCH3 is 1. The number of nitrogens with zero attached hydrogens (tertiary/aromatic N) is 2. The number of halogens is 1. The molecule has 2 heterocycles. The van der Waals surface area contributed by atoms with Crippen molar-refractivity contribution in [3.05, 3.63) is 57.2 Å². The Morgan fingerprint density at radius 3 is 2.88 bits per heavy atom. The number of aromatic amines is 2. The van der Waals surface area contributed by atoms with E-state index in [4.69, 9.17) is 16.3 Å². The molecule has 0 unspecified atom stereocenters. The lowest BCUT2D eigenvalue weighted by Gasteiger charge is -2.16. The number of benzene rings is 1. The first kappa shape index (κ1) is 17.0. The molecule has 0 fully saturated rings. The third-order valence-electron chi connectivity index (χ3n) is 3.87. The molecule has 0 aliphatic carbocycles. The molecule has 0 spiro atoms. The summed E-state index contributed by atoms with van der Waals surface area (Å²) < 4.78 is 5.19. The summed E-state index contributed by atoms with van der Waals surface area (Å²) in [6.45, 7) is 0.465. The Hall–Kier alpha value is -2.80. The monoisotopic (exact) mass is 360 g/mol. The molecule has 2 aromatic heterocycles. The zero-order chi connectivity index (χ0) is 18.0. The van der Waals surface area contributed by atoms with E-state index in [1.54, 1.807) is 19.1 Å². The van der Waals surface area contributed by atoms with Gasteiger partial charge in [-0.3, -0.25) is 9.59 Å². The van der Waals surface area contributed by atoms with Gasteiger partial charge in [-0.1, -0.05) is 11.6 Å². The van der Waals surface area contributed by atoms with Crippen LogP contribution >= 0.6 is 11.6 Å². The average Bonchev–Trinajstić information content (AvgIpc) is 3.03. The normalized spacial score (nSPS) is 10.8. The molecule has 3 aromatic rings. The number of hydrogen-bond acceptors (Lipinski definition) is 4. The van der Waals surface area contributed by atoms with Gasteiger partial charge in [-0.05, 0) is 18.2 Å². The summed E-state index contributed by atoms with van der Waals surface area (Å²) in [5.74, 6) is 1.31. The molecule has 8 heteroatoms. The van der Waals surface area contributed by atoms with Gasteiger partial charge < -0.3 is 19.6 Å². The molecule has 2 N–H and O–H groups in total. The second-order valence-electron chi connectivity index (χ2n) is 5.61. The van der Waals surface area contributed by atoms with E-state index in [0.29, 0.717) is 18.5 Å². The van der Waals surface area contributed by atoms with Gasteiger partial charge in [0.1, 0.15) is 16.6 Å². The van der Waals surface area contributed by atoms with E-state index in [0.717, 1.165) is 22.6 Å². The summed E-state index contributed by atoms with van der Waals surface area (Å²) in [5, 5.41) is -0.00881. The van der Waals surface area contributed by atoms with Crippen LogP contribution in [-0.2, 0) is 6.42 Å². The Balaban J connectivity index is 1.68. The van der Waals surface area contributed by atoms with Crippen molar-refractivity contribution in [1.29, 1.82) is 0 Å². The van der Waals surface area contributed by atoms with E-state index in [1.807, 2.05) is 18.2 Å². The molecule has 3 rings (SSSR count). The first-order chi connectivity index (χ1) is 12.0. The Kier molecular flexibility index (Phi) is 4.76. The number of rotatable bonds is 5. The minimum absolute atomic E-state index is 0.00881. The van der Waals surface area contributed by atoms with E-state index in [1.165, 1.54) is 12.3 Å². The number of imidazole rings is 1. The number of H-pyrrole nitrogens is 2. The molecule has 0 saturated heterocycles. The lowest BCUT2D eigenvalue weighted by atomic mass is 10.2. The van der Waals surface area contributed by atoms with Crippen LogP contribution in [0.3, 0.4) is 0 Å². The van der Waals surface area contributed by atoms with Gasteiger partial charge in [0.25, 0.3) is 11.5 Å². The number of likely N-dealkylation sites (N-methyl/N-ethyl adjacent to an activating group) is 1. The minimum atomic E-state index is -0.418. The van der Waals surface area contributed by atoms with Crippen molar-refractivity contribution in [2.75, 3.05) is 20.7 Å². The number of ether oxygens (including phenoxy) is 1. The molecule has 0 bridgehead atoms. The fourth-order valence-electron chi connectivity index (χ4n) is 2.46. The van der Waals surface area contributed by atoms with E-state index < -0.39 is 5.56 Å². The number of hydrogen-bond donors (Lipinski definition) is 2. The van der Waals surface area contributed by atoms with Crippen LogP contribution in [0.1, 0.15) is 16.2 Å². The van der Waals surface area contributed by atoms with Gasteiger partial charge in [-0.15, -0.1) is 0 Å². The quantitative estimate of drug-likeness (QED) is 0.730. The highest BCUT2D eigenvalue weighted by Crippen LogP contribution is 2.19. The highest BCUT2D eigenvalue weighted by Gasteiger charge is 2.14. The molecule has 7 nitrogen and oxygen atoms in total. The highest BCUT2D eigenvalue weighted by molar-refractivity contribution is 6.30. The average molecular weight is 361 g/mol. The van der Waals surface area contributed by atoms with E-state index in [9.17, 15) is 9.59 Å². The maximum atomic E-state index is 12.4. The number of aromatic nitrogens is 3. The number of carbonyl (C=O) groups excluding carboxylic acids is 1. The Morgan fingerprint density at radius 2 is 2.16 bits per heavy atom. The van der Waals surface area contributed by atoms with Crippen LogP contribution < -0.4 is 10.3 Å². The topological polar surface area (TPSA) is 91.1 Å². The third-order valence-corrected chi connectivity index (χ3v) is 4.15. The molecular weight excluding hydrogens is 344 g/mol. The minimum Gasteiger partial charge on any atom is -0.497 e. The van der Waals surface area contributed by atoms with Crippen LogP contribution in [0.5, 0.6) is 5.75 Å². The van der Waals surface area contributed by atoms with Gasteiger partial charge in [0.2, 0.25) is 0 Å². The maximum Gasteiger partial charge on any atom is 0.266 e. The van der Waals surface area contributed by atoms with Crippen molar-refractivity contribution in [2.24, 2.45) is 0 Å². The summed E-state index contributed by atoms with van der Waals surface area (Å²) >= 11 is 5.77. The fraction of sp³-hybridized carbons (Fsp3) is 0.235. The summed E-state index contributed by atoms with van der Waals surface area (Å²) in [6.07, 6.45) is 1.93. The van der Waals surface area contributed by atoms with Crippen LogP contribution in [0.25, 0.3) is 11.0 Å². The van der Waals surface area contributed by atoms with Gasteiger partial charge >= 0.3 is 0 Å². The number of fused-ring (bicyclic) bond motifs is 1. The molecule has 0 aliphatic heterocycles. The maximum absolute atomic E-state index is 12.4. The molecule has 0 aliphatic rings. The number of carbonyl (C=O) groups is 1. The Morgan fingerprint density at radius 1 is 1.36 bits per heavy atom. The molecule has 130 valence electrons. The summed E-state index contributed by atoms with van der Waals surface area (Å²) in [5.41, 5.74) is 1.65. The predicted molar refractivity (Wildman–Crippen MR) is 95.4 cm³/mol. The van der Waals surface area contributed by atoms with Crippen LogP contribution in [0, 0.1) is 0 Å². The molecule has 1 amide bonds. The van der Waals surface area contributed by atoms with Gasteiger partial charge in [0.05, 0.1) is 23.7 Å². The third kappa shape index (κ3) is 3.66. The van der Waals surface area contributed by atoms with E-state index in [2.05, 4.69) is 15.0 Å². The van der Waals surface area contributed by atoms with Gasteiger partial charge in [0.15, 0.2) is 0 Å². The molecule has 0 radical (unpaired) electrons. The van der Waals surface area contributed by atoms with Crippen LogP contribution in [-0.4, -0.2) is 46.5 Å². The van der Waals surface area contributed by atoms with Crippen LogP contribution in [0.4, 0.5) is 0 Å². The summed E-state index contributed by atoms with van der Waals surface area (Å²) in [7, 11) is 3.30. The zero-order valence-electron chi connectivity index (χ0n) is 13.8. The summed E-state index contributed by atoms with van der Waals surface area (Å²) in [4.78, 5) is 35.4. The Labute approximate surface area is 148 Å². The zero-order valence-corrected chi connectivity index (χ0v) is 14.6. The second kappa shape index (κ2) is 6.98. The largest absolute Gasteiger partial charge is 0.497 e. The molecular formula is C17H17ClN4O3. The van der Waals surface area contributed by atoms with Crippen molar-refractivity contribution in [3.8, 4) is 5.75 Å². The number of nitrogens with one attached hydrogen (secondary N) is 2. The van der Waals surface area contributed by atoms with Gasteiger partial charge in [-0.25, -0.2) is 4.98 Å². The van der Waals surface area contributed by atoms with Crippen LogP contribution in [0.2, 0.25) is 5.02 Å². The number of pyridine rings is 1. The van der Waals surface area contributed by atoms with Crippen LogP contribution in [0.15, 0.2) is 35.3 Å². The van der Waals surface area contributed by atoms with Crippen molar-refractivity contribution in [3.63, 3.8) is 0 Å². The second-order valence-corrected chi connectivity index (χ2v) is 6.02. The van der Waals surface area contributed by atoms with Crippen molar-refractivity contribution in [2.45, 2.75) is 6.42 Å². The van der Waals surface area contributed by atoms with Gasteiger partial charge in [0, 0.05) is 32.3 Å². The standard InChI is InChI=1S/C17H17ClN4O3/c1-22(17(24)10-7-12(18)16(23)19-9-10)6-5-15-20-13-4-3-11(25-2)8-14(13)21-15/h3-4,7-9H,5-6H2,1-2H3,(H,19,23)(H,20,21). The van der Waals surface area contributed by atoms with Crippen molar-refractivity contribution < 1.29 is 9.53 Å². The van der Waals surface area contributed by atoms with Gasteiger partial charge in [-0.2, -0.15) is 0 Å². The van der Waals surface area contributed by atoms with Crippen molar-refractivity contribution >= 4 is 28.5 Å². The van der Waals surface area contributed by atoms with E-state index >= 15 is 0 Å². The molecule has 1 aromatic carbocycles. The lowest BCUT2D eigenvalue weighted by Crippen LogP contribution is -2.29. The number of amides is 1. The first-order valence-corrected chi connectivity index (χ1v) is 8.02. The predicted octanol–water partition coefficient (Wildman–Crippen LogP) is 2.23. The summed E-state index contributed by atoms with van der Waals surface area (Å²) in [6, 6.07) is 6.98. The highest BCUT2D eigenvalue weighted by atomic mass is 35.5. The first-order valence-electron chi connectivity index (χ1n) is 7.64. The smallest absolute Gasteiger partial charge is 0.266 e. The van der Waals surface area contributed by atoms with Crippen molar-refractivity contribution in [1.82, 2.24) is 19.9 Å².